The average molecular weight is 585 g/mol. The summed E-state index contributed by atoms with van der Waals surface area (Å²) in [7, 11) is 4.89. The second kappa shape index (κ2) is 10.7. The highest BCUT2D eigenvalue weighted by Gasteiger charge is 2.69. The van der Waals surface area contributed by atoms with Gasteiger partial charge in [0.25, 0.3) is 0 Å². The van der Waals surface area contributed by atoms with Gasteiger partial charge in [-0.1, -0.05) is 13.0 Å². The Kier molecular flexibility index (Phi) is 7.98. The quantitative estimate of drug-likeness (QED) is 0.268. The molecule has 2 fully saturated rings. The lowest BCUT2D eigenvalue weighted by atomic mass is 9.52. The van der Waals surface area contributed by atoms with Crippen molar-refractivity contribution in [3.05, 3.63) is 23.3 Å². The normalized spacial score (nSPS) is 30.1. The summed E-state index contributed by atoms with van der Waals surface area (Å²) in [6, 6.07) is 1.41. The Morgan fingerprint density at radius 1 is 1.12 bits per heavy atom. The van der Waals surface area contributed by atoms with Crippen LogP contribution in [0.3, 0.4) is 0 Å². The molecule has 1 aromatic rings. The Balaban J connectivity index is 1.73. The number of rotatable bonds is 6. The lowest BCUT2D eigenvalue weighted by Gasteiger charge is -2.52. The number of anilines is 1. The van der Waals surface area contributed by atoms with E-state index in [9.17, 15) is 39.0 Å². The zero-order valence-electron chi connectivity index (χ0n) is 25.1. The first kappa shape index (κ1) is 31.5. The smallest absolute Gasteiger partial charge is 0.241 e. The predicted molar refractivity (Wildman–Crippen MR) is 152 cm³/mol. The summed E-state index contributed by atoms with van der Waals surface area (Å²) < 4.78 is 0. The number of benzene rings is 1. The zero-order chi connectivity index (χ0) is 31.6. The van der Waals surface area contributed by atoms with E-state index in [1.165, 1.54) is 25.1 Å². The van der Waals surface area contributed by atoms with E-state index in [0.29, 0.717) is 12.0 Å². The highest BCUT2D eigenvalue weighted by Crippen LogP contribution is 2.51. The molecule has 0 heterocycles. The van der Waals surface area contributed by atoms with Gasteiger partial charge in [0.15, 0.2) is 34.7 Å². The van der Waals surface area contributed by atoms with Crippen LogP contribution in [-0.2, 0) is 30.4 Å². The fraction of sp³-hybridized carbons (Fsp3) is 0.600. The van der Waals surface area contributed by atoms with Crippen LogP contribution in [0, 0.1) is 23.7 Å². The SMILES string of the molecule is CCC(C(=O)Nc1ccc2c(c1O)C(=O)C1C(=O)[C@]3(O)C(=O)C(C(N)=O)C(=O)[C@@H](N(C)C)C3CC1C2)N(C)C(C)(C)C. The van der Waals surface area contributed by atoms with Crippen LogP contribution in [0.25, 0.3) is 0 Å². The number of Topliss-reactive ketones (excluding diaryl/α,β-unsaturated/α-hetero) is 4. The Morgan fingerprint density at radius 2 is 1.74 bits per heavy atom. The first-order valence-electron chi connectivity index (χ1n) is 14.1. The van der Waals surface area contributed by atoms with Gasteiger partial charge in [0, 0.05) is 11.5 Å². The number of aromatic hydroxyl groups is 1. The Morgan fingerprint density at radius 3 is 2.26 bits per heavy atom. The molecule has 228 valence electrons. The number of likely N-dealkylation sites (N-methyl/N-ethyl adjacent to an activating group) is 2. The number of ketones is 4. The summed E-state index contributed by atoms with van der Waals surface area (Å²) in [5, 5.41) is 25.6. The molecule has 2 saturated carbocycles. The molecule has 5 unspecified atom stereocenters. The molecule has 2 amide bonds. The third-order valence-corrected chi connectivity index (χ3v) is 9.41. The minimum Gasteiger partial charge on any atom is -0.505 e. The number of phenols is 1. The minimum absolute atomic E-state index is 0.00744. The maximum Gasteiger partial charge on any atom is 0.241 e. The van der Waals surface area contributed by atoms with Crippen LogP contribution in [-0.4, -0.2) is 99.3 Å². The predicted octanol–water partition coefficient (Wildman–Crippen LogP) is 0.314. The molecular weight excluding hydrogens is 544 g/mol. The Hall–Kier alpha value is -3.48. The first-order valence-corrected chi connectivity index (χ1v) is 14.1. The van der Waals surface area contributed by atoms with E-state index in [4.69, 9.17) is 5.73 Å². The molecule has 12 nitrogen and oxygen atoms in total. The highest BCUT2D eigenvalue weighted by atomic mass is 16.3. The Bertz CT molecular complexity index is 1380. The van der Waals surface area contributed by atoms with Crippen molar-refractivity contribution in [1.29, 1.82) is 0 Å². The van der Waals surface area contributed by atoms with Crippen molar-refractivity contribution in [1.82, 2.24) is 9.80 Å². The van der Waals surface area contributed by atoms with Crippen molar-refractivity contribution < 1.29 is 39.0 Å². The number of carbonyl (C=O) groups excluding carboxylic acids is 6. The molecule has 0 bridgehead atoms. The van der Waals surface area contributed by atoms with Crippen LogP contribution in [0.2, 0.25) is 0 Å². The molecule has 0 saturated heterocycles. The third kappa shape index (κ3) is 4.65. The van der Waals surface area contributed by atoms with E-state index in [-0.39, 0.29) is 35.5 Å². The number of nitrogens with one attached hydrogen (secondary N) is 1. The van der Waals surface area contributed by atoms with E-state index in [0.717, 1.165) is 0 Å². The number of nitrogens with zero attached hydrogens (tertiary/aromatic N) is 2. The van der Waals surface area contributed by atoms with Crippen LogP contribution in [0.4, 0.5) is 5.69 Å². The highest BCUT2D eigenvalue weighted by molar-refractivity contribution is 6.32. The summed E-state index contributed by atoms with van der Waals surface area (Å²) in [6.07, 6.45) is 0.609. The number of amides is 2. The van der Waals surface area contributed by atoms with Gasteiger partial charge in [-0.15, -0.1) is 0 Å². The van der Waals surface area contributed by atoms with Crippen LogP contribution < -0.4 is 11.1 Å². The van der Waals surface area contributed by atoms with Crippen molar-refractivity contribution in [2.24, 2.45) is 29.4 Å². The summed E-state index contributed by atoms with van der Waals surface area (Å²) in [5.41, 5.74) is 2.51. The van der Waals surface area contributed by atoms with Gasteiger partial charge < -0.3 is 21.3 Å². The fourth-order valence-electron chi connectivity index (χ4n) is 7.00. The number of nitrogens with two attached hydrogens (primary N) is 1. The summed E-state index contributed by atoms with van der Waals surface area (Å²) in [4.78, 5) is 83.0. The Labute approximate surface area is 244 Å². The van der Waals surface area contributed by atoms with E-state index >= 15 is 0 Å². The number of primary amides is 1. The van der Waals surface area contributed by atoms with Crippen LogP contribution in [0.1, 0.15) is 56.5 Å². The molecule has 0 radical (unpaired) electrons. The van der Waals surface area contributed by atoms with E-state index in [1.54, 1.807) is 6.07 Å². The molecule has 0 aliphatic heterocycles. The molecule has 4 rings (SSSR count). The van der Waals surface area contributed by atoms with Gasteiger partial charge in [-0.2, -0.15) is 0 Å². The standard InChI is InChI=1S/C30H40N4O8/c1-8-17(34(7)29(2,3)4)28(41)32-16-10-9-13-11-14-12-15-21(33(5)6)24(37)20(27(31)40)26(39)30(15,42)25(38)19(14)23(36)18(13)22(16)35/h9-10,14-15,17,19-21,35,42H,8,11-12H2,1-7H3,(H2,31,40)(H,32,41)/t14?,15?,17?,19?,20?,21-,30-/m0/s1. The summed E-state index contributed by atoms with van der Waals surface area (Å²) >= 11 is 0. The van der Waals surface area contributed by atoms with Gasteiger partial charge in [-0.3, -0.25) is 38.6 Å². The maximum absolute atomic E-state index is 13.9. The molecule has 0 spiro atoms. The summed E-state index contributed by atoms with van der Waals surface area (Å²) in [5.74, 6) is -11.6. The van der Waals surface area contributed by atoms with Gasteiger partial charge in [-0.05, 0) is 78.7 Å². The largest absolute Gasteiger partial charge is 0.505 e. The second-order valence-corrected chi connectivity index (χ2v) is 13.0. The minimum atomic E-state index is -2.79. The number of hydrogen-bond acceptors (Lipinski definition) is 10. The van der Waals surface area contributed by atoms with Crippen molar-refractivity contribution in [3.8, 4) is 5.75 Å². The molecule has 42 heavy (non-hydrogen) atoms. The van der Waals surface area contributed by atoms with Crippen LogP contribution in [0.5, 0.6) is 5.75 Å². The first-order chi connectivity index (χ1) is 19.4. The van der Waals surface area contributed by atoms with Crippen LogP contribution in [0.15, 0.2) is 12.1 Å². The third-order valence-electron chi connectivity index (χ3n) is 9.41. The van der Waals surface area contributed by atoms with Crippen molar-refractivity contribution in [2.45, 2.75) is 70.2 Å². The zero-order valence-corrected chi connectivity index (χ0v) is 25.1. The van der Waals surface area contributed by atoms with Gasteiger partial charge in [0.05, 0.1) is 29.3 Å². The molecule has 7 atom stereocenters. The molecule has 5 N–H and O–H groups in total. The number of aliphatic hydroxyl groups is 1. The number of phenolic OH excluding ortho intramolecular Hbond substituents is 1. The van der Waals surface area contributed by atoms with E-state index < -0.39 is 76.1 Å². The monoisotopic (exact) mass is 584 g/mol. The van der Waals surface area contributed by atoms with Gasteiger partial charge in [0.1, 0.15) is 5.75 Å². The van der Waals surface area contributed by atoms with Crippen LogP contribution >= 0.6 is 0 Å². The van der Waals surface area contributed by atoms with Crippen molar-refractivity contribution in [3.63, 3.8) is 0 Å². The number of fused-ring (bicyclic) bond motifs is 3. The molecule has 1 aromatic carbocycles. The molecular formula is C30H40N4O8. The van der Waals surface area contributed by atoms with Crippen molar-refractivity contribution >= 4 is 40.6 Å². The van der Waals surface area contributed by atoms with Gasteiger partial charge in [0.2, 0.25) is 11.8 Å². The lowest BCUT2D eigenvalue weighted by molar-refractivity contribution is -0.181. The van der Waals surface area contributed by atoms with Gasteiger partial charge in [-0.25, -0.2) is 0 Å². The number of hydrogen-bond donors (Lipinski definition) is 4. The second-order valence-electron chi connectivity index (χ2n) is 13.0. The molecule has 3 aliphatic carbocycles. The van der Waals surface area contributed by atoms with E-state index in [2.05, 4.69) is 5.32 Å². The topological polar surface area (TPSA) is 187 Å². The number of carbonyl (C=O) groups is 6. The molecule has 3 aliphatic rings. The average Bonchev–Trinajstić information content (AvgIpc) is 2.87. The molecule has 12 heteroatoms. The molecule has 0 aromatic heterocycles. The van der Waals surface area contributed by atoms with E-state index in [1.807, 2.05) is 39.6 Å². The van der Waals surface area contributed by atoms with Gasteiger partial charge >= 0.3 is 0 Å². The van der Waals surface area contributed by atoms with Crippen molar-refractivity contribution in [2.75, 3.05) is 26.5 Å². The fourth-order valence-corrected chi connectivity index (χ4v) is 7.00. The summed E-state index contributed by atoms with van der Waals surface area (Å²) in [6.45, 7) is 7.76. The lowest BCUT2D eigenvalue weighted by Crippen LogP contribution is -2.74. The maximum atomic E-state index is 13.9.